The Bertz CT molecular complexity index is 699. The van der Waals surface area contributed by atoms with E-state index in [2.05, 4.69) is 10.3 Å². The predicted molar refractivity (Wildman–Crippen MR) is 102 cm³/mol. The molecule has 1 aromatic heterocycles. The fraction of sp³-hybridized carbons (Fsp3) is 0.684. The number of hydrogen-bond donors (Lipinski definition) is 1. The van der Waals surface area contributed by atoms with Gasteiger partial charge in [0.25, 0.3) is 5.95 Å². The van der Waals surface area contributed by atoms with Gasteiger partial charge < -0.3 is 19.9 Å². The third-order valence-electron chi connectivity index (χ3n) is 4.27. The monoisotopic (exact) mass is 402 g/mol. The van der Waals surface area contributed by atoms with E-state index in [4.69, 9.17) is 4.74 Å². The van der Waals surface area contributed by atoms with Gasteiger partial charge in [-0.1, -0.05) is 13.8 Å². The van der Waals surface area contributed by atoms with Crippen LogP contribution in [0.25, 0.3) is 0 Å². The molecule has 6 nitrogen and oxygen atoms in total. The summed E-state index contributed by atoms with van der Waals surface area (Å²) in [5.74, 6) is -3.51. The fourth-order valence-electron chi connectivity index (χ4n) is 2.78. The zero-order valence-electron chi connectivity index (χ0n) is 17.1. The second-order valence-electron chi connectivity index (χ2n) is 8.29. The summed E-state index contributed by atoms with van der Waals surface area (Å²) in [5.41, 5.74) is -1.11. The molecule has 0 aromatic carbocycles. The lowest BCUT2D eigenvalue weighted by molar-refractivity contribution is 0.0240. The van der Waals surface area contributed by atoms with Crippen molar-refractivity contribution in [2.24, 2.45) is 5.92 Å². The number of piperazine rings is 1. The van der Waals surface area contributed by atoms with Crippen molar-refractivity contribution in [2.75, 3.05) is 42.9 Å². The standard InChI is InChI=1S/C19H29F3N4O2/c1-12(2)6-7-23-15-13(20)16(22)24-17(14(15)21)25-8-10-26(11-9-25)18(27)28-19(3,4)5/h12H,6-11H2,1-5H3,(H,23,24). The van der Waals surface area contributed by atoms with Gasteiger partial charge in [-0.3, -0.25) is 0 Å². The molecule has 0 atom stereocenters. The van der Waals surface area contributed by atoms with Gasteiger partial charge in [-0.25, -0.2) is 9.18 Å². The van der Waals surface area contributed by atoms with Crippen molar-refractivity contribution in [1.29, 1.82) is 0 Å². The minimum Gasteiger partial charge on any atom is -0.444 e. The number of nitrogens with one attached hydrogen (secondary N) is 1. The van der Waals surface area contributed by atoms with Crippen molar-refractivity contribution < 1.29 is 22.7 Å². The van der Waals surface area contributed by atoms with Crippen LogP contribution in [0.5, 0.6) is 0 Å². The lowest BCUT2D eigenvalue weighted by Crippen LogP contribution is -2.50. The number of halogens is 3. The van der Waals surface area contributed by atoms with E-state index in [0.717, 1.165) is 0 Å². The molecule has 0 radical (unpaired) electrons. The van der Waals surface area contributed by atoms with Gasteiger partial charge in [0.15, 0.2) is 11.6 Å². The Morgan fingerprint density at radius 3 is 2.29 bits per heavy atom. The second kappa shape index (κ2) is 8.87. The number of nitrogens with zero attached hydrogens (tertiary/aromatic N) is 3. The summed E-state index contributed by atoms with van der Waals surface area (Å²) in [6, 6.07) is 0. The molecule has 2 heterocycles. The van der Waals surface area contributed by atoms with Crippen molar-refractivity contribution in [1.82, 2.24) is 9.88 Å². The highest BCUT2D eigenvalue weighted by atomic mass is 19.2. The van der Waals surface area contributed by atoms with E-state index in [-0.39, 0.29) is 32.0 Å². The van der Waals surface area contributed by atoms with Crippen LogP contribution in [0.2, 0.25) is 0 Å². The van der Waals surface area contributed by atoms with Crippen LogP contribution in [-0.2, 0) is 4.74 Å². The normalized spacial score (nSPS) is 15.2. The summed E-state index contributed by atoms with van der Waals surface area (Å²) in [5, 5.41) is 2.64. The summed E-state index contributed by atoms with van der Waals surface area (Å²) >= 11 is 0. The van der Waals surface area contributed by atoms with Crippen molar-refractivity contribution in [2.45, 2.75) is 46.6 Å². The van der Waals surface area contributed by atoms with Gasteiger partial charge in [-0.2, -0.15) is 13.8 Å². The molecule has 0 spiro atoms. The number of aromatic nitrogens is 1. The average Bonchev–Trinajstić information content (AvgIpc) is 2.59. The van der Waals surface area contributed by atoms with Crippen LogP contribution >= 0.6 is 0 Å². The number of pyridine rings is 1. The van der Waals surface area contributed by atoms with Crippen LogP contribution in [0.3, 0.4) is 0 Å². The van der Waals surface area contributed by atoms with Crippen molar-refractivity contribution in [3.63, 3.8) is 0 Å². The number of carbonyl (C=O) groups excluding carboxylic acids is 1. The van der Waals surface area contributed by atoms with Gasteiger partial charge in [-0.15, -0.1) is 0 Å². The lowest BCUT2D eigenvalue weighted by Gasteiger charge is -2.36. The largest absolute Gasteiger partial charge is 0.444 e. The number of rotatable bonds is 5. The molecule has 0 unspecified atom stereocenters. The number of anilines is 2. The van der Waals surface area contributed by atoms with Crippen LogP contribution < -0.4 is 10.2 Å². The molecule has 1 fully saturated rings. The Labute approximate surface area is 164 Å². The Morgan fingerprint density at radius 1 is 1.14 bits per heavy atom. The third kappa shape index (κ3) is 5.65. The maximum atomic E-state index is 14.8. The molecule has 1 amide bonds. The fourth-order valence-corrected chi connectivity index (χ4v) is 2.78. The Balaban J connectivity index is 2.10. The molecular formula is C19H29F3N4O2. The number of hydrogen-bond acceptors (Lipinski definition) is 5. The van der Waals surface area contributed by atoms with Gasteiger partial charge in [0, 0.05) is 32.7 Å². The molecule has 9 heteroatoms. The van der Waals surface area contributed by atoms with Gasteiger partial charge in [0.05, 0.1) is 0 Å². The molecule has 1 saturated heterocycles. The predicted octanol–water partition coefficient (Wildman–Crippen LogP) is 4.01. The van der Waals surface area contributed by atoms with E-state index in [1.54, 1.807) is 20.8 Å². The third-order valence-corrected chi connectivity index (χ3v) is 4.27. The van der Waals surface area contributed by atoms with Crippen LogP contribution in [0.1, 0.15) is 41.0 Å². The van der Waals surface area contributed by atoms with Gasteiger partial charge in [0.1, 0.15) is 11.3 Å². The van der Waals surface area contributed by atoms with E-state index in [9.17, 15) is 18.0 Å². The van der Waals surface area contributed by atoms with Crippen LogP contribution in [0.15, 0.2) is 0 Å². The van der Waals surface area contributed by atoms with Crippen molar-refractivity contribution in [3.8, 4) is 0 Å². The van der Waals surface area contributed by atoms with Gasteiger partial charge in [0.2, 0.25) is 5.82 Å². The second-order valence-corrected chi connectivity index (χ2v) is 8.29. The van der Waals surface area contributed by atoms with E-state index >= 15 is 0 Å². The Kier molecular flexibility index (Phi) is 7.01. The zero-order valence-corrected chi connectivity index (χ0v) is 17.1. The maximum absolute atomic E-state index is 14.8. The molecule has 28 heavy (non-hydrogen) atoms. The minimum absolute atomic E-state index is 0.236. The SMILES string of the molecule is CC(C)CCNc1c(F)c(F)nc(N2CCN(C(=O)OC(C)(C)C)CC2)c1F. The Hall–Kier alpha value is -2.19. The first-order chi connectivity index (χ1) is 13.0. The average molecular weight is 402 g/mol. The summed E-state index contributed by atoms with van der Waals surface area (Å²) in [6.07, 6.45) is 0.231. The first-order valence-electron chi connectivity index (χ1n) is 9.51. The lowest BCUT2D eigenvalue weighted by atomic mass is 10.1. The van der Waals surface area contributed by atoms with E-state index in [0.29, 0.717) is 18.9 Å². The first kappa shape index (κ1) is 22.1. The number of ether oxygens (including phenoxy) is 1. The summed E-state index contributed by atoms with van der Waals surface area (Å²) in [4.78, 5) is 18.6. The number of carbonyl (C=O) groups is 1. The quantitative estimate of drug-likeness (QED) is 0.754. The van der Waals surface area contributed by atoms with Crippen LogP contribution in [-0.4, -0.2) is 54.3 Å². The smallest absolute Gasteiger partial charge is 0.410 e. The highest BCUT2D eigenvalue weighted by Crippen LogP contribution is 2.29. The Morgan fingerprint density at radius 2 is 1.75 bits per heavy atom. The highest BCUT2D eigenvalue weighted by Gasteiger charge is 2.29. The number of amides is 1. The molecule has 0 bridgehead atoms. The molecular weight excluding hydrogens is 373 g/mol. The van der Waals surface area contributed by atoms with Gasteiger partial charge >= 0.3 is 6.09 Å². The van der Waals surface area contributed by atoms with Crippen LogP contribution in [0.4, 0.5) is 29.5 Å². The topological polar surface area (TPSA) is 57.7 Å². The molecule has 0 saturated carbocycles. The molecule has 2 rings (SSSR count). The van der Waals surface area contributed by atoms with E-state index in [1.165, 1.54) is 9.80 Å². The summed E-state index contributed by atoms with van der Waals surface area (Å²) in [7, 11) is 0. The maximum Gasteiger partial charge on any atom is 0.410 e. The summed E-state index contributed by atoms with van der Waals surface area (Å²) in [6.45, 7) is 10.6. The summed E-state index contributed by atoms with van der Waals surface area (Å²) < 4.78 is 48.1. The van der Waals surface area contributed by atoms with Crippen molar-refractivity contribution in [3.05, 3.63) is 17.6 Å². The van der Waals surface area contributed by atoms with Crippen LogP contribution in [0, 0.1) is 23.5 Å². The van der Waals surface area contributed by atoms with Gasteiger partial charge in [-0.05, 0) is 33.1 Å². The first-order valence-corrected chi connectivity index (χ1v) is 9.51. The molecule has 1 aromatic rings. The zero-order chi connectivity index (χ0) is 21.1. The van der Waals surface area contributed by atoms with E-state index in [1.807, 2.05) is 13.8 Å². The molecule has 1 aliphatic rings. The van der Waals surface area contributed by atoms with Crippen molar-refractivity contribution >= 4 is 17.6 Å². The molecule has 0 aliphatic carbocycles. The molecule has 1 aliphatic heterocycles. The highest BCUT2D eigenvalue weighted by molar-refractivity contribution is 5.68. The molecule has 1 N–H and O–H groups in total. The minimum atomic E-state index is -1.35. The molecule has 158 valence electrons. The van der Waals surface area contributed by atoms with E-state index < -0.39 is 35.0 Å².